The average Bonchev–Trinajstić information content (AvgIpc) is 2.69. The fourth-order valence-electron chi connectivity index (χ4n) is 2.22. The van der Waals surface area contributed by atoms with Crippen LogP contribution >= 0.6 is 0 Å². The van der Waals surface area contributed by atoms with Gasteiger partial charge in [-0.15, -0.1) is 0 Å². The Hall–Kier alpha value is -0.870. The lowest BCUT2D eigenvalue weighted by atomic mass is 9.80. The molecule has 4 heteroatoms. The molecule has 1 aliphatic rings. The van der Waals surface area contributed by atoms with Crippen molar-refractivity contribution in [2.24, 2.45) is 0 Å². The Labute approximate surface area is 97.0 Å². The Morgan fingerprint density at radius 2 is 2.38 bits per heavy atom. The standard InChI is InChI=1S/C12H21N3O/c1-3-15-10-14-8-11(15)7-13-9-12(16-2)5-4-6-12/h8,10,13H,3-7,9H2,1-2H3. The second kappa shape index (κ2) is 4.97. The summed E-state index contributed by atoms with van der Waals surface area (Å²) in [5.74, 6) is 0. The number of nitrogens with one attached hydrogen (secondary N) is 1. The molecular weight excluding hydrogens is 202 g/mol. The van der Waals surface area contributed by atoms with Crippen LogP contribution in [0.1, 0.15) is 31.9 Å². The number of aromatic nitrogens is 2. The lowest BCUT2D eigenvalue weighted by molar-refractivity contribution is -0.0696. The molecule has 0 bridgehead atoms. The number of imidazole rings is 1. The first kappa shape index (κ1) is 11.6. The second-order valence-corrected chi connectivity index (χ2v) is 4.52. The predicted octanol–water partition coefficient (Wildman–Crippen LogP) is 1.56. The van der Waals surface area contributed by atoms with Gasteiger partial charge in [-0.25, -0.2) is 4.98 Å². The minimum atomic E-state index is 0.108. The lowest BCUT2D eigenvalue weighted by Gasteiger charge is -2.40. The maximum absolute atomic E-state index is 5.56. The molecule has 90 valence electrons. The molecule has 1 aliphatic carbocycles. The van der Waals surface area contributed by atoms with Crippen LogP contribution in [0.5, 0.6) is 0 Å². The third kappa shape index (κ3) is 2.28. The van der Waals surface area contributed by atoms with Crippen LogP contribution in [0, 0.1) is 0 Å². The van der Waals surface area contributed by atoms with E-state index in [0.717, 1.165) is 19.6 Å². The molecule has 0 aromatic carbocycles. The molecule has 0 radical (unpaired) electrons. The summed E-state index contributed by atoms with van der Waals surface area (Å²) in [4.78, 5) is 4.15. The van der Waals surface area contributed by atoms with E-state index in [9.17, 15) is 0 Å². The van der Waals surface area contributed by atoms with Crippen LogP contribution in [0.25, 0.3) is 0 Å². The van der Waals surface area contributed by atoms with Gasteiger partial charge in [-0.1, -0.05) is 0 Å². The van der Waals surface area contributed by atoms with E-state index in [0.29, 0.717) is 0 Å². The molecule has 1 N–H and O–H groups in total. The molecule has 1 fully saturated rings. The first-order valence-corrected chi connectivity index (χ1v) is 6.04. The van der Waals surface area contributed by atoms with Gasteiger partial charge in [0.1, 0.15) is 0 Å². The first-order valence-electron chi connectivity index (χ1n) is 6.04. The van der Waals surface area contributed by atoms with Crippen LogP contribution in [0.2, 0.25) is 0 Å². The molecule has 1 aromatic rings. The second-order valence-electron chi connectivity index (χ2n) is 4.52. The van der Waals surface area contributed by atoms with Crippen LogP contribution in [0.15, 0.2) is 12.5 Å². The van der Waals surface area contributed by atoms with Gasteiger partial charge in [0, 0.05) is 32.9 Å². The Balaban J connectivity index is 1.79. The third-order valence-corrected chi connectivity index (χ3v) is 3.59. The number of ether oxygens (including phenoxy) is 1. The van der Waals surface area contributed by atoms with Gasteiger partial charge in [-0.2, -0.15) is 0 Å². The van der Waals surface area contributed by atoms with E-state index < -0.39 is 0 Å². The van der Waals surface area contributed by atoms with Gasteiger partial charge in [0.2, 0.25) is 0 Å². The van der Waals surface area contributed by atoms with Gasteiger partial charge in [-0.05, 0) is 26.2 Å². The monoisotopic (exact) mass is 223 g/mol. The normalized spacial score (nSPS) is 18.4. The van der Waals surface area contributed by atoms with Crippen molar-refractivity contribution in [1.82, 2.24) is 14.9 Å². The number of hydrogen-bond donors (Lipinski definition) is 1. The van der Waals surface area contributed by atoms with E-state index in [2.05, 4.69) is 21.8 Å². The molecule has 16 heavy (non-hydrogen) atoms. The summed E-state index contributed by atoms with van der Waals surface area (Å²) in [5, 5.41) is 3.47. The van der Waals surface area contributed by atoms with E-state index in [4.69, 9.17) is 4.74 Å². The van der Waals surface area contributed by atoms with Crippen molar-refractivity contribution in [3.05, 3.63) is 18.2 Å². The van der Waals surface area contributed by atoms with Gasteiger partial charge >= 0.3 is 0 Å². The van der Waals surface area contributed by atoms with Crippen molar-refractivity contribution in [1.29, 1.82) is 0 Å². The lowest BCUT2D eigenvalue weighted by Crippen LogP contribution is -2.47. The zero-order chi connectivity index (χ0) is 11.4. The van der Waals surface area contributed by atoms with Crippen molar-refractivity contribution in [2.75, 3.05) is 13.7 Å². The minimum absolute atomic E-state index is 0.108. The van der Waals surface area contributed by atoms with Gasteiger partial charge in [0.05, 0.1) is 17.6 Å². The molecule has 2 rings (SSSR count). The Morgan fingerprint density at radius 3 is 2.94 bits per heavy atom. The van der Waals surface area contributed by atoms with Crippen LogP contribution in [-0.4, -0.2) is 28.8 Å². The van der Waals surface area contributed by atoms with Crippen molar-refractivity contribution in [2.45, 2.75) is 44.9 Å². The van der Waals surface area contributed by atoms with Crippen LogP contribution in [0.3, 0.4) is 0 Å². The Kier molecular flexibility index (Phi) is 3.61. The summed E-state index contributed by atoms with van der Waals surface area (Å²) in [6.07, 6.45) is 7.47. The van der Waals surface area contributed by atoms with Crippen LogP contribution in [-0.2, 0) is 17.8 Å². The topological polar surface area (TPSA) is 39.1 Å². The van der Waals surface area contributed by atoms with E-state index in [-0.39, 0.29) is 5.60 Å². The molecule has 0 spiro atoms. The van der Waals surface area contributed by atoms with Crippen molar-refractivity contribution in [3.8, 4) is 0 Å². The van der Waals surface area contributed by atoms with Gasteiger partial charge in [0.25, 0.3) is 0 Å². The quantitative estimate of drug-likeness (QED) is 0.795. The van der Waals surface area contributed by atoms with E-state index >= 15 is 0 Å². The van der Waals surface area contributed by atoms with Gasteiger partial charge in [-0.3, -0.25) is 0 Å². The smallest absolute Gasteiger partial charge is 0.0948 e. The van der Waals surface area contributed by atoms with E-state index in [1.807, 2.05) is 19.6 Å². The SMILES string of the molecule is CCn1cncc1CNCC1(OC)CCC1. The fourth-order valence-corrected chi connectivity index (χ4v) is 2.22. The van der Waals surface area contributed by atoms with E-state index in [1.54, 1.807) is 0 Å². The molecule has 0 unspecified atom stereocenters. The molecule has 0 aliphatic heterocycles. The highest BCUT2D eigenvalue weighted by atomic mass is 16.5. The maximum Gasteiger partial charge on any atom is 0.0948 e. The number of hydrogen-bond acceptors (Lipinski definition) is 3. The molecule has 1 saturated carbocycles. The number of methoxy groups -OCH3 is 1. The van der Waals surface area contributed by atoms with Crippen molar-refractivity contribution >= 4 is 0 Å². The molecule has 1 aromatic heterocycles. The Bertz CT molecular complexity index is 325. The largest absolute Gasteiger partial charge is 0.377 e. The summed E-state index contributed by atoms with van der Waals surface area (Å²) >= 11 is 0. The summed E-state index contributed by atoms with van der Waals surface area (Å²) in [7, 11) is 1.82. The maximum atomic E-state index is 5.56. The zero-order valence-corrected chi connectivity index (χ0v) is 10.2. The third-order valence-electron chi connectivity index (χ3n) is 3.59. The highest BCUT2D eigenvalue weighted by Crippen LogP contribution is 2.34. The summed E-state index contributed by atoms with van der Waals surface area (Å²) in [6.45, 7) is 4.93. The summed E-state index contributed by atoms with van der Waals surface area (Å²) in [6, 6.07) is 0. The Morgan fingerprint density at radius 1 is 1.56 bits per heavy atom. The van der Waals surface area contributed by atoms with Crippen LogP contribution in [0.4, 0.5) is 0 Å². The molecule has 4 nitrogen and oxygen atoms in total. The minimum Gasteiger partial charge on any atom is -0.377 e. The molecule has 0 amide bonds. The van der Waals surface area contributed by atoms with Crippen molar-refractivity contribution < 1.29 is 4.74 Å². The molecule has 1 heterocycles. The number of rotatable bonds is 6. The van der Waals surface area contributed by atoms with Crippen molar-refractivity contribution in [3.63, 3.8) is 0 Å². The molecule has 0 atom stereocenters. The summed E-state index contributed by atoms with van der Waals surface area (Å²) < 4.78 is 7.72. The molecular formula is C12H21N3O. The fraction of sp³-hybridized carbons (Fsp3) is 0.750. The number of aryl methyl sites for hydroxylation is 1. The zero-order valence-electron chi connectivity index (χ0n) is 10.2. The predicted molar refractivity (Wildman–Crippen MR) is 63.2 cm³/mol. The average molecular weight is 223 g/mol. The first-order chi connectivity index (χ1) is 7.79. The summed E-state index contributed by atoms with van der Waals surface area (Å²) in [5.41, 5.74) is 1.35. The highest BCUT2D eigenvalue weighted by molar-refractivity contribution is 4.99. The number of nitrogens with zero attached hydrogens (tertiary/aromatic N) is 2. The van der Waals surface area contributed by atoms with Gasteiger partial charge < -0.3 is 14.6 Å². The highest BCUT2D eigenvalue weighted by Gasteiger charge is 2.36. The molecule has 0 saturated heterocycles. The van der Waals surface area contributed by atoms with E-state index in [1.165, 1.54) is 25.0 Å². The van der Waals surface area contributed by atoms with Gasteiger partial charge in [0.15, 0.2) is 0 Å². The van der Waals surface area contributed by atoms with Crippen LogP contribution < -0.4 is 5.32 Å².